The molecule has 116 valence electrons. The molecule has 0 bridgehead atoms. The number of nitrogens with zero attached hydrogens (tertiary/aromatic N) is 2. The lowest BCUT2D eigenvalue weighted by Gasteiger charge is -2.24. The van der Waals surface area contributed by atoms with E-state index in [-0.39, 0.29) is 6.04 Å². The minimum atomic E-state index is -0.517. The summed E-state index contributed by atoms with van der Waals surface area (Å²) in [6, 6.07) is 8.90. The van der Waals surface area contributed by atoms with Crippen molar-refractivity contribution < 1.29 is 13.9 Å². The highest BCUT2D eigenvalue weighted by atomic mass is 19.1. The smallest absolute Gasteiger partial charge is 0.128 e. The second kappa shape index (κ2) is 6.50. The SMILES string of the molecule is O[C@H]1C[C@H](c2cc(F)ccc2F)N(CCc2ccccn2)C1. The lowest BCUT2D eigenvalue weighted by Crippen LogP contribution is -2.27. The van der Waals surface area contributed by atoms with Gasteiger partial charge in [-0.1, -0.05) is 6.07 Å². The second-order valence-corrected chi connectivity index (χ2v) is 5.64. The van der Waals surface area contributed by atoms with Crippen molar-refractivity contribution in [1.82, 2.24) is 9.88 Å². The summed E-state index contributed by atoms with van der Waals surface area (Å²) in [5.41, 5.74) is 1.26. The van der Waals surface area contributed by atoms with Crippen LogP contribution < -0.4 is 0 Å². The zero-order chi connectivity index (χ0) is 15.5. The van der Waals surface area contributed by atoms with Crippen molar-refractivity contribution in [2.24, 2.45) is 0 Å². The number of aliphatic hydroxyl groups excluding tert-OH is 1. The molecule has 2 heterocycles. The molecule has 2 atom stereocenters. The number of β-amino-alcohol motifs (C(OH)–C–C–N with tert-alkyl or cyclic N) is 1. The summed E-state index contributed by atoms with van der Waals surface area (Å²) in [4.78, 5) is 6.26. The first-order chi connectivity index (χ1) is 10.6. The van der Waals surface area contributed by atoms with Crippen molar-refractivity contribution >= 4 is 0 Å². The Hall–Kier alpha value is -1.85. The van der Waals surface area contributed by atoms with Crippen molar-refractivity contribution in [3.63, 3.8) is 0 Å². The van der Waals surface area contributed by atoms with Gasteiger partial charge < -0.3 is 5.11 Å². The minimum absolute atomic E-state index is 0.297. The van der Waals surface area contributed by atoms with E-state index >= 15 is 0 Å². The Balaban J connectivity index is 1.76. The maximum Gasteiger partial charge on any atom is 0.128 e. The van der Waals surface area contributed by atoms with Crippen LogP contribution in [-0.4, -0.2) is 34.2 Å². The van der Waals surface area contributed by atoms with Gasteiger partial charge in [-0.25, -0.2) is 8.78 Å². The number of likely N-dealkylation sites (tertiary alicyclic amines) is 1. The fourth-order valence-electron chi connectivity index (χ4n) is 3.02. The molecule has 1 aromatic heterocycles. The van der Waals surface area contributed by atoms with Crippen LogP contribution >= 0.6 is 0 Å². The molecule has 1 saturated heterocycles. The molecular formula is C17H18F2N2O. The number of halogens is 2. The van der Waals surface area contributed by atoms with Gasteiger partial charge in [0, 0.05) is 43.0 Å². The molecule has 0 amide bonds. The first kappa shape index (κ1) is 15.1. The topological polar surface area (TPSA) is 36.4 Å². The molecule has 5 heteroatoms. The molecule has 0 unspecified atom stereocenters. The molecule has 1 aliphatic rings. The minimum Gasteiger partial charge on any atom is -0.392 e. The summed E-state index contributed by atoms with van der Waals surface area (Å²) < 4.78 is 27.4. The molecule has 1 N–H and O–H groups in total. The highest BCUT2D eigenvalue weighted by molar-refractivity contribution is 5.24. The van der Waals surface area contributed by atoms with E-state index in [2.05, 4.69) is 4.98 Å². The van der Waals surface area contributed by atoms with Crippen LogP contribution in [0.4, 0.5) is 8.78 Å². The van der Waals surface area contributed by atoms with Crippen molar-refractivity contribution in [2.75, 3.05) is 13.1 Å². The molecule has 3 nitrogen and oxygen atoms in total. The summed E-state index contributed by atoms with van der Waals surface area (Å²) in [6.07, 6.45) is 2.35. The zero-order valence-corrected chi connectivity index (χ0v) is 12.1. The number of benzene rings is 1. The first-order valence-corrected chi connectivity index (χ1v) is 7.40. The van der Waals surface area contributed by atoms with E-state index in [1.807, 2.05) is 23.1 Å². The molecule has 0 spiro atoms. The van der Waals surface area contributed by atoms with Gasteiger partial charge >= 0.3 is 0 Å². The van der Waals surface area contributed by atoms with Gasteiger partial charge in [0.1, 0.15) is 11.6 Å². The van der Waals surface area contributed by atoms with Gasteiger partial charge in [0.05, 0.1) is 6.10 Å². The third-order valence-electron chi connectivity index (χ3n) is 4.08. The number of pyridine rings is 1. The fourth-order valence-corrected chi connectivity index (χ4v) is 3.02. The molecule has 0 aliphatic carbocycles. The van der Waals surface area contributed by atoms with Gasteiger partial charge in [-0.05, 0) is 36.8 Å². The van der Waals surface area contributed by atoms with Gasteiger partial charge in [0.2, 0.25) is 0 Å². The number of hydrogen-bond donors (Lipinski definition) is 1. The van der Waals surface area contributed by atoms with Crippen LogP contribution in [0.1, 0.15) is 23.7 Å². The van der Waals surface area contributed by atoms with Crippen molar-refractivity contribution in [1.29, 1.82) is 0 Å². The highest BCUT2D eigenvalue weighted by Crippen LogP contribution is 2.33. The van der Waals surface area contributed by atoms with Gasteiger partial charge in [0.15, 0.2) is 0 Å². The van der Waals surface area contributed by atoms with Crippen LogP contribution in [0.3, 0.4) is 0 Å². The second-order valence-electron chi connectivity index (χ2n) is 5.64. The monoisotopic (exact) mass is 304 g/mol. The van der Waals surface area contributed by atoms with Crippen LogP contribution in [0, 0.1) is 11.6 Å². The summed E-state index contributed by atoms with van der Waals surface area (Å²) in [7, 11) is 0. The lowest BCUT2D eigenvalue weighted by atomic mass is 10.0. The van der Waals surface area contributed by atoms with Crippen LogP contribution in [0.5, 0.6) is 0 Å². The molecule has 1 fully saturated rings. The molecule has 1 aliphatic heterocycles. The third kappa shape index (κ3) is 3.31. The number of aliphatic hydroxyl groups is 1. The Morgan fingerprint density at radius 3 is 2.86 bits per heavy atom. The molecule has 0 radical (unpaired) electrons. The standard InChI is InChI=1S/C17H18F2N2O/c18-12-4-5-16(19)15(9-12)17-10-14(22)11-21(17)8-6-13-3-1-2-7-20-13/h1-5,7,9,14,17,22H,6,8,10-11H2/t14-,17+/m0/s1. The molecule has 3 rings (SSSR count). The average molecular weight is 304 g/mol. The molecule has 22 heavy (non-hydrogen) atoms. The Morgan fingerprint density at radius 1 is 1.23 bits per heavy atom. The van der Waals surface area contributed by atoms with Gasteiger partial charge in [-0.15, -0.1) is 0 Å². The van der Waals surface area contributed by atoms with E-state index in [0.717, 1.165) is 17.8 Å². The van der Waals surface area contributed by atoms with Crippen molar-refractivity contribution in [3.8, 4) is 0 Å². The quantitative estimate of drug-likeness (QED) is 0.943. The molecule has 0 saturated carbocycles. The maximum atomic E-state index is 14.0. The number of hydrogen-bond acceptors (Lipinski definition) is 3. The predicted molar refractivity (Wildman–Crippen MR) is 79.2 cm³/mol. The van der Waals surface area contributed by atoms with E-state index < -0.39 is 17.7 Å². The van der Waals surface area contributed by atoms with E-state index in [1.54, 1.807) is 6.20 Å². The lowest BCUT2D eigenvalue weighted by molar-refractivity contribution is 0.175. The Kier molecular flexibility index (Phi) is 4.45. The van der Waals surface area contributed by atoms with E-state index in [9.17, 15) is 13.9 Å². The maximum absolute atomic E-state index is 14.0. The number of aromatic nitrogens is 1. The summed E-state index contributed by atoms with van der Waals surface area (Å²) in [5.74, 6) is -0.884. The van der Waals surface area contributed by atoms with Gasteiger partial charge in [-0.2, -0.15) is 0 Å². The van der Waals surface area contributed by atoms with Crippen LogP contribution in [0.2, 0.25) is 0 Å². The van der Waals surface area contributed by atoms with E-state index in [0.29, 0.717) is 31.5 Å². The largest absolute Gasteiger partial charge is 0.392 e. The molecule has 1 aromatic carbocycles. The first-order valence-electron chi connectivity index (χ1n) is 7.40. The third-order valence-corrected chi connectivity index (χ3v) is 4.08. The summed E-state index contributed by atoms with van der Waals surface area (Å²) >= 11 is 0. The van der Waals surface area contributed by atoms with Crippen LogP contribution in [0.15, 0.2) is 42.6 Å². The Morgan fingerprint density at radius 2 is 2.09 bits per heavy atom. The molecular weight excluding hydrogens is 286 g/mol. The Bertz CT molecular complexity index is 636. The zero-order valence-electron chi connectivity index (χ0n) is 12.1. The van der Waals surface area contributed by atoms with Crippen molar-refractivity contribution in [3.05, 3.63) is 65.5 Å². The highest BCUT2D eigenvalue weighted by Gasteiger charge is 2.33. The van der Waals surface area contributed by atoms with Crippen molar-refractivity contribution in [2.45, 2.75) is 25.0 Å². The fraction of sp³-hybridized carbons (Fsp3) is 0.353. The van der Waals surface area contributed by atoms with Crippen LogP contribution in [0.25, 0.3) is 0 Å². The predicted octanol–water partition coefficient (Wildman–Crippen LogP) is 2.71. The van der Waals surface area contributed by atoms with Gasteiger partial charge in [0.25, 0.3) is 0 Å². The number of rotatable bonds is 4. The van der Waals surface area contributed by atoms with E-state index in [1.165, 1.54) is 6.07 Å². The van der Waals surface area contributed by atoms with E-state index in [4.69, 9.17) is 0 Å². The summed E-state index contributed by atoms with van der Waals surface area (Å²) in [5, 5.41) is 9.92. The summed E-state index contributed by atoms with van der Waals surface area (Å²) in [6.45, 7) is 1.11. The van der Waals surface area contributed by atoms with Gasteiger partial charge in [-0.3, -0.25) is 9.88 Å². The Labute approximate surface area is 128 Å². The van der Waals surface area contributed by atoms with Crippen LogP contribution in [-0.2, 0) is 6.42 Å². The molecule has 2 aromatic rings. The normalized spacial score (nSPS) is 22.1. The average Bonchev–Trinajstić information content (AvgIpc) is 2.89.